The minimum Gasteiger partial charge on any atom is -0.480 e. The molecule has 1 amide bonds. The maximum absolute atomic E-state index is 11.9. The Kier molecular flexibility index (Phi) is 4.18. The van der Waals surface area contributed by atoms with Gasteiger partial charge in [-0.05, 0) is 19.1 Å². The van der Waals surface area contributed by atoms with Crippen molar-refractivity contribution in [3.8, 4) is 11.5 Å². The SMILES string of the molecule is COC(=O)N(c1ccc2c(c1)OCO2)[C@@H](C(=O)O)[C@H](C)O. The van der Waals surface area contributed by atoms with Gasteiger partial charge in [-0.1, -0.05) is 0 Å². The van der Waals surface area contributed by atoms with E-state index in [1.165, 1.54) is 19.1 Å². The first-order chi connectivity index (χ1) is 9.95. The molecule has 0 fully saturated rings. The van der Waals surface area contributed by atoms with Crippen LogP contribution in [0.1, 0.15) is 6.92 Å². The van der Waals surface area contributed by atoms with Gasteiger partial charge < -0.3 is 24.4 Å². The Bertz CT molecular complexity index is 557. The molecule has 1 aromatic rings. The predicted molar refractivity (Wildman–Crippen MR) is 70.6 cm³/mol. The number of hydrogen-bond donors (Lipinski definition) is 2. The zero-order valence-electron chi connectivity index (χ0n) is 11.5. The van der Waals surface area contributed by atoms with Gasteiger partial charge in [0.25, 0.3) is 0 Å². The molecule has 1 aliphatic heterocycles. The highest BCUT2D eigenvalue weighted by Crippen LogP contribution is 2.36. The summed E-state index contributed by atoms with van der Waals surface area (Å²) in [4.78, 5) is 24.1. The second-order valence-corrected chi connectivity index (χ2v) is 4.40. The average molecular weight is 297 g/mol. The Morgan fingerprint density at radius 2 is 2.00 bits per heavy atom. The lowest BCUT2D eigenvalue weighted by Crippen LogP contribution is -2.51. The lowest BCUT2D eigenvalue weighted by Gasteiger charge is -2.29. The monoisotopic (exact) mass is 297 g/mol. The first-order valence-electron chi connectivity index (χ1n) is 6.13. The number of carbonyl (C=O) groups is 2. The summed E-state index contributed by atoms with van der Waals surface area (Å²) in [5.74, 6) is -0.475. The van der Waals surface area contributed by atoms with Crippen LogP contribution < -0.4 is 14.4 Å². The Balaban J connectivity index is 2.45. The molecule has 8 heteroatoms. The Morgan fingerprint density at radius 1 is 1.33 bits per heavy atom. The summed E-state index contributed by atoms with van der Waals surface area (Å²) >= 11 is 0. The number of fused-ring (bicyclic) bond motifs is 1. The minimum absolute atomic E-state index is 0.0514. The molecular formula is C13H15NO7. The van der Waals surface area contributed by atoms with Crippen LogP contribution >= 0.6 is 0 Å². The first-order valence-corrected chi connectivity index (χ1v) is 6.13. The molecular weight excluding hydrogens is 282 g/mol. The van der Waals surface area contributed by atoms with E-state index in [0.717, 1.165) is 12.0 Å². The van der Waals surface area contributed by atoms with Gasteiger partial charge in [0, 0.05) is 6.07 Å². The molecule has 0 aromatic heterocycles. The number of rotatable bonds is 4. The third kappa shape index (κ3) is 2.84. The van der Waals surface area contributed by atoms with Crippen molar-refractivity contribution in [2.75, 3.05) is 18.8 Å². The number of amides is 1. The van der Waals surface area contributed by atoms with Crippen LogP contribution in [0.4, 0.5) is 10.5 Å². The lowest BCUT2D eigenvalue weighted by molar-refractivity contribution is -0.140. The second-order valence-electron chi connectivity index (χ2n) is 4.40. The average Bonchev–Trinajstić information content (AvgIpc) is 2.90. The third-order valence-electron chi connectivity index (χ3n) is 2.99. The van der Waals surface area contributed by atoms with Gasteiger partial charge >= 0.3 is 12.1 Å². The molecule has 0 aliphatic carbocycles. The predicted octanol–water partition coefficient (Wildman–Crippen LogP) is 0.822. The zero-order chi connectivity index (χ0) is 15.6. The normalized spacial score (nSPS) is 15.2. The van der Waals surface area contributed by atoms with Gasteiger partial charge in [-0.15, -0.1) is 0 Å². The van der Waals surface area contributed by atoms with E-state index >= 15 is 0 Å². The van der Waals surface area contributed by atoms with E-state index in [0.29, 0.717) is 11.5 Å². The summed E-state index contributed by atoms with van der Waals surface area (Å²) in [6.07, 6.45) is -2.20. The van der Waals surface area contributed by atoms with Gasteiger partial charge in [0.15, 0.2) is 17.5 Å². The van der Waals surface area contributed by atoms with Gasteiger partial charge in [-0.3, -0.25) is 4.90 Å². The molecule has 0 radical (unpaired) electrons. The number of aliphatic hydroxyl groups excluding tert-OH is 1. The van der Waals surface area contributed by atoms with Crippen molar-refractivity contribution in [3.05, 3.63) is 18.2 Å². The quantitative estimate of drug-likeness (QED) is 0.847. The largest absolute Gasteiger partial charge is 0.480 e. The molecule has 114 valence electrons. The number of nitrogens with zero attached hydrogens (tertiary/aromatic N) is 1. The fourth-order valence-corrected chi connectivity index (χ4v) is 2.05. The van der Waals surface area contributed by atoms with E-state index in [9.17, 15) is 19.8 Å². The fraction of sp³-hybridized carbons (Fsp3) is 0.385. The molecule has 1 heterocycles. The number of aliphatic hydroxyl groups is 1. The molecule has 8 nitrogen and oxygen atoms in total. The smallest absolute Gasteiger partial charge is 0.414 e. The number of aliphatic carboxylic acids is 1. The number of methoxy groups -OCH3 is 1. The number of carbonyl (C=O) groups excluding carboxylic acids is 1. The van der Waals surface area contributed by atoms with Crippen LogP contribution in [0, 0.1) is 0 Å². The summed E-state index contributed by atoms with van der Waals surface area (Å²) in [5.41, 5.74) is 0.222. The first kappa shape index (κ1) is 14.9. The van der Waals surface area contributed by atoms with Crippen LogP contribution in [0.5, 0.6) is 11.5 Å². The molecule has 0 bridgehead atoms. The van der Waals surface area contributed by atoms with Crippen molar-refractivity contribution >= 4 is 17.7 Å². The van der Waals surface area contributed by atoms with Crippen LogP contribution in [0.2, 0.25) is 0 Å². The fourth-order valence-electron chi connectivity index (χ4n) is 2.05. The molecule has 0 spiro atoms. The van der Waals surface area contributed by atoms with Gasteiger partial charge in [-0.2, -0.15) is 0 Å². The van der Waals surface area contributed by atoms with Crippen molar-refractivity contribution in [2.24, 2.45) is 0 Å². The van der Waals surface area contributed by atoms with Crippen LogP contribution in [0.15, 0.2) is 18.2 Å². The van der Waals surface area contributed by atoms with E-state index in [1.54, 1.807) is 6.07 Å². The Morgan fingerprint density at radius 3 is 2.57 bits per heavy atom. The number of anilines is 1. The van der Waals surface area contributed by atoms with E-state index in [4.69, 9.17) is 9.47 Å². The highest BCUT2D eigenvalue weighted by molar-refractivity contribution is 5.95. The van der Waals surface area contributed by atoms with Gasteiger partial charge in [0.2, 0.25) is 6.79 Å². The molecule has 2 rings (SSSR count). The van der Waals surface area contributed by atoms with Crippen LogP contribution in [0.25, 0.3) is 0 Å². The van der Waals surface area contributed by atoms with Crippen molar-refractivity contribution < 1.29 is 34.0 Å². The Hall–Kier alpha value is -2.48. The van der Waals surface area contributed by atoms with E-state index in [-0.39, 0.29) is 12.5 Å². The molecule has 0 saturated heterocycles. The van der Waals surface area contributed by atoms with E-state index < -0.39 is 24.2 Å². The van der Waals surface area contributed by atoms with Crippen molar-refractivity contribution in [1.82, 2.24) is 0 Å². The number of carboxylic acid groups (broad SMARTS) is 1. The van der Waals surface area contributed by atoms with Crippen LogP contribution in [0.3, 0.4) is 0 Å². The van der Waals surface area contributed by atoms with Gasteiger partial charge in [0.05, 0.1) is 18.9 Å². The summed E-state index contributed by atoms with van der Waals surface area (Å²) in [7, 11) is 1.13. The Labute approximate surface area is 120 Å². The topological polar surface area (TPSA) is 106 Å². The molecule has 21 heavy (non-hydrogen) atoms. The minimum atomic E-state index is -1.49. The number of hydrogen-bond acceptors (Lipinski definition) is 6. The summed E-state index contributed by atoms with van der Waals surface area (Å²) in [6, 6.07) is 3.01. The van der Waals surface area contributed by atoms with Gasteiger partial charge in [0.1, 0.15) is 0 Å². The third-order valence-corrected chi connectivity index (χ3v) is 2.99. The molecule has 2 atom stereocenters. The van der Waals surface area contributed by atoms with Crippen LogP contribution in [-0.4, -0.2) is 48.3 Å². The molecule has 1 aliphatic rings. The molecule has 0 saturated carbocycles. The molecule has 0 unspecified atom stereocenters. The zero-order valence-corrected chi connectivity index (χ0v) is 11.5. The maximum Gasteiger partial charge on any atom is 0.414 e. The second kappa shape index (κ2) is 5.88. The van der Waals surface area contributed by atoms with Crippen LogP contribution in [-0.2, 0) is 9.53 Å². The van der Waals surface area contributed by atoms with Crippen molar-refractivity contribution in [2.45, 2.75) is 19.1 Å². The number of ether oxygens (including phenoxy) is 3. The summed E-state index contributed by atoms with van der Waals surface area (Å²) in [5, 5.41) is 18.9. The number of benzene rings is 1. The number of carboxylic acids is 1. The van der Waals surface area contributed by atoms with Crippen molar-refractivity contribution in [1.29, 1.82) is 0 Å². The van der Waals surface area contributed by atoms with E-state index in [2.05, 4.69) is 4.74 Å². The molecule has 1 aromatic carbocycles. The standard InChI is InChI=1S/C13H15NO7/c1-7(15)11(12(16)17)14(13(18)19-2)8-3-4-9-10(5-8)21-6-20-9/h3-5,7,11,15H,6H2,1-2H3,(H,16,17)/t7-,11+/m0/s1. The highest BCUT2D eigenvalue weighted by atomic mass is 16.7. The maximum atomic E-state index is 11.9. The van der Waals surface area contributed by atoms with Gasteiger partial charge in [-0.25, -0.2) is 9.59 Å². The van der Waals surface area contributed by atoms with Crippen molar-refractivity contribution in [3.63, 3.8) is 0 Å². The molecule has 2 N–H and O–H groups in total. The highest BCUT2D eigenvalue weighted by Gasteiger charge is 2.36. The summed E-state index contributed by atoms with van der Waals surface area (Å²) in [6.45, 7) is 1.33. The lowest BCUT2D eigenvalue weighted by atomic mass is 10.1. The summed E-state index contributed by atoms with van der Waals surface area (Å²) < 4.78 is 15.0. The van der Waals surface area contributed by atoms with E-state index in [1.807, 2.05) is 0 Å².